The molecule has 1 aliphatic heterocycles. The molecule has 2 aromatic rings. The van der Waals surface area contributed by atoms with Crippen LogP contribution in [0.5, 0.6) is 5.75 Å². The molecule has 4 amide bonds. The van der Waals surface area contributed by atoms with Gasteiger partial charge in [0.05, 0.1) is 14.6 Å². The molecule has 7 nitrogen and oxygen atoms in total. The minimum atomic E-state index is -0.797. The Kier molecular flexibility index (Phi) is 6.39. The second kappa shape index (κ2) is 8.81. The first kappa shape index (κ1) is 21.7. The van der Waals surface area contributed by atoms with Crippen molar-refractivity contribution in [2.75, 3.05) is 11.5 Å². The molecule has 1 fully saturated rings. The molecule has 152 valence electrons. The van der Waals surface area contributed by atoms with Gasteiger partial charge in [0, 0.05) is 0 Å². The zero-order chi connectivity index (χ0) is 22.0. The number of hydrogen-bond acceptors (Lipinski definition) is 5. The first-order chi connectivity index (χ1) is 14.2. The Labute approximate surface area is 189 Å². The van der Waals surface area contributed by atoms with E-state index < -0.39 is 17.8 Å². The standard InChI is InChI=1S/C21H15Br2N3O4/c1-11-5-12(2)7-14(6-11)26-20(28)15(19(27)25-21(26)29)8-13-9-16(22)18(17(23)10-13)30-4-3-24/h5-10H,4H2,1-2H3,(H,25,27,29)/b15-8+. The molecule has 1 N–H and O–H groups in total. The van der Waals surface area contributed by atoms with Crippen molar-refractivity contribution in [3.05, 3.63) is 61.5 Å². The van der Waals surface area contributed by atoms with E-state index in [2.05, 4.69) is 37.2 Å². The maximum atomic E-state index is 13.0. The molecule has 9 heteroatoms. The number of nitriles is 1. The third-order valence-corrected chi connectivity index (χ3v) is 5.36. The summed E-state index contributed by atoms with van der Waals surface area (Å²) < 4.78 is 6.41. The molecular formula is C21H15Br2N3O4. The topological polar surface area (TPSA) is 99.5 Å². The normalized spacial score (nSPS) is 15.2. The maximum absolute atomic E-state index is 13.0. The van der Waals surface area contributed by atoms with Crippen molar-refractivity contribution in [3.8, 4) is 11.8 Å². The predicted molar refractivity (Wildman–Crippen MR) is 118 cm³/mol. The summed E-state index contributed by atoms with van der Waals surface area (Å²) in [6, 6.07) is 9.69. The summed E-state index contributed by atoms with van der Waals surface area (Å²) in [4.78, 5) is 38.7. The number of urea groups is 1. The largest absolute Gasteiger partial charge is 0.476 e. The van der Waals surface area contributed by atoms with Crippen LogP contribution in [0.2, 0.25) is 0 Å². The number of amides is 4. The molecule has 3 rings (SSSR count). The van der Waals surface area contributed by atoms with Crippen molar-refractivity contribution in [2.24, 2.45) is 0 Å². The highest BCUT2D eigenvalue weighted by Gasteiger charge is 2.37. The number of nitrogens with one attached hydrogen (secondary N) is 1. The van der Waals surface area contributed by atoms with Crippen LogP contribution in [0.15, 0.2) is 44.9 Å². The third-order valence-electron chi connectivity index (χ3n) is 4.18. The number of anilines is 1. The van der Waals surface area contributed by atoms with Gasteiger partial charge in [0.2, 0.25) is 0 Å². The van der Waals surface area contributed by atoms with Gasteiger partial charge in [-0.2, -0.15) is 5.26 Å². The van der Waals surface area contributed by atoms with Crippen LogP contribution in [0.1, 0.15) is 16.7 Å². The molecule has 0 saturated carbocycles. The summed E-state index contributed by atoms with van der Waals surface area (Å²) in [6.45, 7) is 3.58. The summed E-state index contributed by atoms with van der Waals surface area (Å²) >= 11 is 6.71. The van der Waals surface area contributed by atoms with Crippen LogP contribution < -0.4 is 15.0 Å². The van der Waals surface area contributed by atoms with Gasteiger partial charge in [0.15, 0.2) is 6.61 Å². The van der Waals surface area contributed by atoms with E-state index in [9.17, 15) is 14.4 Å². The van der Waals surface area contributed by atoms with E-state index in [4.69, 9.17) is 10.00 Å². The van der Waals surface area contributed by atoms with Crippen molar-refractivity contribution in [2.45, 2.75) is 13.8 Å². The Bertz CT molecular complexity index is 1110. The Hall–Kier alpha value is -2.96. The number of benzene rings is 2. The second-order valence-corrected chi connectivity index (χ2v) is 8.27. The highest BCUT2D eigenvalue weighted by molar-refractivity contribution is 9.11. The van der Waals surface area contributed by atoms with E-state index in [0.717, 1.165) is 16.0 Å². The van der Waals surface area contributed by atoms with Crippen LogP contribution in [0, 0.1) is 25.2 Å². The van der Waals surface area contributed by atoms with Crippen LogP contribution in [0.3, 0.4) is 0 Å². The lowest BCUT2D eigenvalue weighted by Gasteiger charge is -2.27. The van der Waals surface area contributed by atoms with Crippen molar-refractivity contribution in [1.29, 1.82) is 5.26 Å². The number of barbiturate groups is 1. The predicted octanol–water partition coefficient (Wildman–Crippen LogP) is 4.40. The lowest BCUT2D eigenvalue weighted by molar-refractivity contribution is -0.122. The zero-order valence-electron chi connectivity index (χ0n) is 16.0. The Morgan fingerprint density at radius 3 is 2.23 bits per heavy atom. The molecule has 0 bridgehead atoms. The number of ether oxygens (including phenoxy) is 1. The maximum Gasteiger partial charge on any atom is 0.335 e. The number of carbonyl (C=O) groups excluding carboxylic acids is 3. The van der Waals surface area contributed by atoms with Gasteiger partial charge in [-0.25, -0.2) is 9.69 Å². The van der Waals surface area contributed by atoms with Gasteiger partial charge in [0.25, 0.3) is 11.8 Å². The van der Waals surface area contributed by atoms with E-state index in [1.54, 1.807) is 24.3 Å². The van der Waals surface area contributed by atoms with Crippen molar-refractivity contribution in [3.63, 3.8) is 0 Å². The monoisotopic (exact) mass is 531 g/mol. The van der Waals surface area contributed by atoms with E-state index in [-0.39, 0.29) is 12.2 Å². The smallest absolute Gasteiger partial charge is 0.335 e. The van der Waals surface area contributed by atoms with E-state index in [1.807, 2.05) is 26.0 Å². The van der Waals surface area contributed by atoms with Crippen LogP contribution in [-0.4, -0.2) is 24.5 Å². The van der Waals surface area contributed by atoms with Crippen LogP contribution in [-0.2, 0) is 9.59 Å². The van der Waals surface area contributed by atoms with E-state index >= 15 is 0 Å². The van der Waals surface area contributed by atoms with Crippen LogP contribution >= 0.6 is 31.9 Å². The van der Waals surface area contributed by atoms with Crippen molar-refractivity contribution in [1.82, 2.24) is 5.32 Å². The first-order valence-electron chi connectivity index (χ1n) is 8.70. The van der Waals surface area contributed by atoms with Gasteiger partial charge in [-0.1, -0.05) is 6.07 Å². The number of aryl methyl sites for hydroxylation is 2. The summed E-state index contributed by atoms with van der Waals surface area (Å²) in [5.74, 6) is -1.07. The number of rotatable bonds is 4. The molecule has 0 radical (unpaired) electrons. The summed E-state index contributed by atoms with van der Waals surface area (Å²) in [5, 5.41) is 10.9. The molecular weight excluding hydrogens is 518 g/mol. The Balaban J connectivity index is 2.02. The minimum absolute atomic E-state index is 0.133. The van der Waals surface area contributed by atoms with Gasteiger partial charge in [-0.15, -0.1) is 0 Å². The van der Waals surface area contributed by atoms with Crippen LogP contribution in [0.4, 0.5) is 10.5 Å². The van der Waals surface area contributed by atoms with Gasteiger partial charge < -0.3 is 4.74 Å². The molecule has 0 aliphatic carbocycles. The van der Waals surface area contributed by atoms with Crippen LogP contribution in [0.25, 0.3) is 6.08 Å². The lowest BCUT2D eigenvalue weighted by Crippen LogP contribution is -2.54. The molecule has 0 atom stereocenters. The van der Waals surface area contributed by atoms with Crippen molar-refractivity contribution >= 4 is 61.5 Å². The molecule has 30 heavy (non-hydrogen) atoms. The second-order valence-electron chi connectivity index (χ2n) is 6.56. The minimum Gasteiger partial charge on any atom is -0.476 e. The fourth-order valence-corrected chi connectivity index (χ4v) is 4.49. The lowest BCUT2D eigenvalue weighted by atomic mass is 10.1. The number of hydrogen-bond donors (Lipinski definition) is 1. The Morgan fingerprint density at radius 1 is 1.07 bits per heavy atom. The first-order valence-corrected chi connectivity index (χ1v) is 10.3. The fourth-order valence-electron chi connectivity index (χ4n) is 3.04. The average molecular weight is 533 g/mol. The third kappa shape index (κ3) is 4.45. The molecule has 1 aliphatic rings. The molecule has 0 spiro atoms. The van der Waals surface area contributed by atoms with E-state index in [0.29, 0.717) is 25.9 Å². The highest BCUT2D eigenvalue weighted by Crippen LogP contribution is 2.35. The van der Waals surface area contributed by atoms with E-state index in [1.165, 1.54) is 6.08 Å². The molecule has 1 heterocycles. The number of carbonyl (C=O) groups is 3. The summed E-state index contributed by atoms with van der Waals surface area (Å²) in [6.07, 6.45) is 1.39. The summed E-state index contributed by atoms with van der Waals surface area (Å²) in [7, 11) is 0. The van der Waals surface area contributed by atoms with Crippen molar-refractivity contribution < 1.29 is 19.1 Å². The zero-order valence-corrected chi connectivity index (χ0v) is 19.1. The van der Waals surface area contributed by atoms with Gasteiger partial charge >= 0.3 is 6.03 Å². The number of imide groups is 2. The molecule has 0 aromatic heterocycles. The van der Waals surface area contributed by atoms with Gasteiger partial charge in [0.1, 0.15) is 17.4 Å². The highest BCUT2D eigenvalue weighted by atomic mass is 79.9. The summed E-state index contributed by atoms with van der Waals surface area (Å²) in [5.41, 5.74) is 2.49. The number of halogens is 2. The SMILES string of the molecule is Cc1cc(C)cc(N2C(=O)NC(=O)/C(=C\c3cc(Br)c(OCC#N)c(Br)c3)C2=O)c1. The molecule has 0 unspecified atom stereocenters. The fraction of sp³-hybridized carbons (Fsp3) is 0.143. The quantitative estimate of drug-likeness (QED) is 0.464. The number of nitrogens with zero attached hydrogens (tertiary/aromatic N) is 2. The van der Waals surface area contributed by atoms with Gasteiger partial charge in [-0.05, 0) is 92.7 Å². The molecule has 1 saturated heterocycles. The molecule has 2 aromatic carbocycles. The Morgan fingerprint density at radius 2 is 1.67 bits per heavy atom. The van der Waals surface area contributed by atoms with Gasteiger partial charge in [-0.3, -0.25) is 14.9 Å². The average Bonchev–Trinajstić information content (AvgIpc) is 2.63.